The SMILES string of the molecule is COc1ccccc1C(NC(=O)c1ccoc1C)c1ccccn1. The highest BCUT2D eigenvalue weighted by molar-refractivity contribution is 5.95. The number of aromatic nitrogens is 1. The van der Waals surface area contributed by atoms with Crippen LogP contribution in [0.15, 0.2) is 65.4 Å². The number of hydrogen-bond donors (Lipinski definition) is 1. The molecule has 0 fully saturated rings. The first-order chi connectivity index (χ1) is 11.7. The molecule has 0 spiro atoms. The maximum Gasteiger partial charge on any atom is 0.255 e. The number of pyridine rings is 1. The Hall–Kier alpha value is -3.08. The highest BCUT2D eigenvalue weighted by Crippen LogP contribution is 2.29. The van der Waals surface area contributed by atoms with Gasteiger partial charge in [-0.2, -0.15) is 0 Å². The summed E-state index contributed by atoms with van der Waals surface area (Å²) in [5.41, 5.74) is 2.08. The van der Waals surface area contributed by atoms with E-state index < -0.39 is 6.04 Å². The largest absolute Gasteiger partial charge is 0.496 e. The maximum atomic E-state index is 12.6. The van der Waals surface area contributed by atoms with Crippen molar-refractivity contribution in [2.24, 2.45) is 0 Å². The zero-order valence-electron chi connectivity index (χ0n) is 13.5. The second-order valence-corrected chi connectivity index (χ2v) is 5.29. The number of nitrogens with zero attached hydrogens (tertiary/aromatic N) is 1. The minimum Gasteiger partial charge on any atom is -0.496 e. The lowest BCUT2D eigenvalue weighted by molar-refractivity contribution is 0.0940. The molecule has 24 heavy (non-hydrogen) atoms. The van der Waals surface area contributed by atoms with E-state index in [4.69, 9.17) is 9.15 Å². The molecule has 122 valence electrons. The summed E-state index contributed by atoms with van der Waals surface area (Å²) in [6, 6.07) is 14.4. The Morgan fingerprint density at radius 1 is 1.17 bits per heavy atom. The second-order valence-electron chi connectivity index (χ2n) is 5.29. The highest BCUT2D eigenvalue weighted by atomic mass is 16.5. The summed E-state index contributed by atoms with van der Waals surface area (Å²) in [6.07, 6.45) is 3.20. The molecule has 0 radical (unpaired) electrons. The van der Waals surface area contributed by atoms with Crippen LogP contribution in [0.5, 0.6) is 5.75 Å². The Morgan fingerprint density at radius 2 is 1.96 bits per heavy atom. The number of nitrogens with one attached hydrogen (secondary N) is 1. The minimum absolute atomic E-state index is 0.220. The molecular formula is C19H18N2O3. The number of carbonyl (C=O) groups excluding carboxylic acids is 1. The average Bonchev–Trinajstić information content (AvgIpc) is 3.06. The molecule has 5 heteroatoms. The van der Waals surface area contributed by atoms with Gasteiger partial charge in [-0.1, -0.05) is 24.3 Å². The molecule has 0 aliphatic rings. The fraction of sp³-hybridized carbons (Fsp3) is 0.158. The zero-order chi connectivity index (χ0) is 16.9. The van der Waals surface area contributed by atoms with E-state index in [1.165, 1.54) is 6.26 Å². The normalized spacial score (nSPS) is 11.8. The second kappa shape index (κ2) is 7.00. The van der Waals surface area contributed by atoms with Crippen molar-refractivity contribution in [3.63, 3.8) is 0 Å². The number of carbonyl (C=O) groups is 1. The van der Waals surface area contributed by atoms with Crippen LogP contribution in [-0.2, 0) is 0 Å². The molecule has 0 saturated carbocycles. The van der Waals surface area contributed by atoms with Crippen LogP contribution < -0.4 is 10.1 Å². The topological polar surface area (TPSA) is 64.4 Å². The Kier molecular flexibility index (Phi) is 4.61. The number of benzene rings is 1. The van der Waals surface area contributed by atoms with Crippen LogP contribution in [0.2, 0.25) is 0 Å². The number of hydrogen-bond acceptors (Lipinski definition) is 4. The van der Waals surface area contributed by atoms with Crippen LogP contribution in [0, 0.1) is 6.92 Å². The standard InChI is InChI=1S/C19H18N2O3/c1-13-14(10-12-24-13)19(22)21-18(16-8-5-6-11-20-16)15-7-3-4-9-17(15)23-2/h3-12,18H,1-2H3,(H,21,22). The van der Waals surface area contributed by atoms with Gasteiger partial charge in [0.1, 0.15) is 17.6 Å². The number of amides is 1. The van der Waals surface area contributed by atoms with Gasteiger partial charge >= 0.3 is 0 Å². The molecule has 0 bridgehead atoms. The van der Waals surface area contributed by atoms with Gasteiger partial charge in [0.15, 0.2) is 0 Å². The molecule has 1 unspecified atom stereocenters. The Balaban J connectivity index is 2.00. The number of para-hydroxylation sites is 1. The molecule has 0 aliphatic carbocycles. The molecule has 5 nitrogen and oxygen atoms in total. The third kappa shape index (κ3) is 3.15. The van der Waals surface area contributed by atoms with Gasteiger partial charge in [0.25, 0.3) is 5.91 Å². The first-order valence-corrected chi connectivity index (χ1v) is 7.59. The number of ether oxygens (including phenoxy) is 1. The summed E-state index contributed by atoms with van der Waals surface area (Å²) in [5, 5.41) is 3.03. The van der Waals surface area contributed by atoms with Crippen molar-refractivity contribution in [1.29, 1.82) is 0 Å². The van der Waals surface area contributed by atoms with Crippen molar-refractivity contribution in [3.8, 4) is 5.75 Å². The molecule has 1 atom stereocenters. The van der Waals surface area contributed by atoms with E-state index in [-0.39, 0.29) is 5.91 Å². The Morgan fingerprint density at radius 3 is 2.62 bits per heavy atom. The summed E-state index contributed by atoms with van der Waals surface area (Å²) in [7, 11) is 1.61. The van der Waals surface area contributed by atoms with E-state index in [2.05, 4.69) is 10.3 Å². The molecule has 1 aromatic carbocycles. The molecule has 3 rings (SSSR count). The average molecular weight is 322 g/mol. The van der Waals surface area contributed by atoms with Crippen LogP contribution in [0.25, 0.3) is 0 Å². The summed E-state index contributed by atoms with van der Waals surface area (Å²) >= 11 is 0. The van der Waals surface area contributed by atoms with Gasteiger partial charge < -0.3 is 14.5 Å². The maximum absolute atomic E-state index is 12.6. The van der Waals surface area contributed by atoms with Gasteiger partial charge in [-0.05, 0) is 31.2 Å². The van der Waals surface area contributed by atoms with Crippen molar-refractivity contribution in [1.82, 2.24) is 10.3 Å². The number of furan rings is 1. The molecule has 1 N–H and O–H groups in total. The molecule has 1 amide bonds. The lowest BCUT2D eigenvalue weighted by Gasteiger charge is -2.21. The number of rotatable bonds is 5. The Labute approximate surface area is 140 Å². The van der Waals surface area contributed by atoms with Crippen LogP contribution in [0.1, 0.15) is 33.4 Å². The Bertz CT molecular complexity index is 827. The predicted molar refractivity (Wildman–Crippen MR) is 90.0 cm³/mol. The fourth-order valence-electron chi connectivity index (χ4n) is 2.59. The third-order valence-corrected chi connectivity index (χ3v) is 3.81. The van der Waals surface area contributed by atoms with Gasteiger partial charge in [-0.3, -0.25) is 9.78 Å². The summed E-state index contributed by atoms with van der Waals surface area (Å²) < 4.78 is 10.7. The van der Waals surface area contributed by atoms with Gasteiger partial charge in [0.05, 0.1) is 24.6 Å². The molecule has 2 aromatic heterocycles. The van der Waals surface area contributed by atoms with Gasteiger partial charge in [0, 0.05) is 11.8 Å². The van der Waals surface area contributed by atoms with Crippen molar-refractivity contribution in [2.75, 3.05) is 7.11 Å². The van der Waals surface area contributed by atoms with Gasteiger partial charge in [0.2, 0.25) is 0 Å². The molecule has 3 aromatic rings. The molecular weight excluding hydrogens is 304 g/mol. The summed E-state index contributed by atoms with van der Waals surface area (Å²) in [4.78, 5) is 17.0. The van der Waals surface area contributed by atoms with E-state index in [1.54, 1.807) is 26.3 Å². The van der Waals surface area contributed by atoms with Crippen molar-refractivity contribution >= 4 is 5.91 Å². The van der Waals surface area contributed by atoms with Gasteiger partial charge in [-0.15, -0.1) is 0 Å². The molecule has 0 aliphatic heterocycles. The van der Waals surface area contributed by atoms with E-state index in [0.29, 0.717) is 17.1 Å². The predicted octanol–water partition coefficient (Wildman–Crippen LogP) is 3.51. The first-order valence-electron chi connectivity index (χ1n) is 7.59. The lowest BCUT2D eigenvalue weighted by Crippen LogP contribution is -2.30. The summed E-state index contributed by atoms with van der Waals surface area (Å²) in [6.45, 7) is 1.76. The molecule has 0 saturated heterocycles. The van der Waals surface area contributed by atoms with Crippen molar-refractivity contribution in [3.05, 3.63) is 83.6 Å². The smallest absolute Gasteiger partial charge is 0.255 e. The van der Waals surface area contributed by atoms with Crippen LogP contribution in [-0.4, -0.2) is 18.0 Å². The lowest BCUT2D eigenvalue weighted by atomic mass is 10.0. The van der Waals surface area contributed by atoms with E-state index in [1.807, 2.05) is 42.5 Å². The van der Waals surface area contributed by atoms with Crippen molar-refractivity contribution in [2.45, 2.75) is 13.0 Å². The number of aryl methyl sites for hydroxylation is 1. The first kappa shape index (κ1) is 15.8. The summed E-state index contributed by atoms with van der Waals surface area (Å²) in [5.74, 6) is 1.05. The van der Waals surface area contributed by atoms with Crippen molar-refractivity contribution < 1.29 is 13.9 Å². The quantitative estimate of drug-likeness (QED) is 0.781. The van der Waals surface area contributed by atoms with Crippen LogP contribution in [0.4, 0.5) is 0 Å². The zero-order valence-corrected chi connectivity index (χ0v) is 13.5. The van der Waals surface area contributed by atoms with Crippen LogP contribution in [0.3, 0.4) is 0 Å². The van der Waals surface area contributed by atoms with E-state index >= 15 is 0 Å². The fourth-order valence-corrected chi connectivity index (χ4v) is 2.59. The van der Waals surface area contributed by atoms with E-state index in [0.717, 1.165) is 11.3 Å². The monoisotopic (exact) mass is 322 g/mol. The third-order valence-electron chi connectivity index (χ3n) is 3.81. The number of methoxy groups -OCH3 is 1. The van der Waals surface area contributed by atoms with Crippen LogP contribution >= 0.6 is 0 Å². The van der Waals surface area contributed by atoms with Gasteiger partial charge in [-0.25, -0.2) is 0 Å². The highest BCUT2D eigenvalue weighted by Gasteiger charge is 2.23. The minimum atomic E-state index is -0.427. The van der Waals surface area contributed by atoms with E-state index in [9.17, 15) is 4.79 Å². The molecule has 2 heterocycles.